The molecular formula is C12H25N3O. The predicted molar refractivity (Wildman–Crippen MR) is 66.1 cm³/mol. The number of carbonyl (C=O) groups excluding carboxylic acids is 1. The summed E-state index contributed by atoms with van der Waals surface area (Å²) in [5.74, 6) is -0.270. The summed E-state index contributed by atoms with van der Waals surface area (Å²) in [5, 5.41) is 3.05. The Morgan fingerprint density at radius 2 is 2.19 bits per heavy atom. The zero-order valence-corrected chi connectivity index (χ0v) is 10.9. The third-order valence-corrected chi connectivity index (χ3v) is 3.75. The van der Waals surface area contributed by atoms with E-state index in [-0.39, 0.29) is 5.91 Å². The van der Waals surface area contributed by atoms with E-state index >= 15 is 0 Å². The number of carbonyl (C=O) groups is 1. The van der Waals surface area contributed by atoms with Gasteiger partial charge in [0.15, 0.2) is 0 Å². The fraction of sp³-hybridized carbons (Fsp3) is 0.917. The zero-order chi connectivity index (χ0) is 12.3. The van der Waals surface area contributed by atoms with Gasteiger partial charge in [-0.1, -0.05) is 6.92 Å². The Morgan fingerprint density at radius 1 is 1.62 bits per heavy atom. The van der Waals surface area contributed by atoms with Crippen molar-refractivity contribution >= 4 is 5.91 Å². The van der Waals surface area contributed by atoms with Crippen LogP contribution in [-0.4, -0.2) is 42.0 Å². The second-order valence-electron chi connectivity index (χ2n) is 5.06. The van der Waals surface area contributed by atoms with Gasteiger partial charge in [0, 0.05) is 12.1 Å². The normalized spacial score (nSPS) is 21.8. The summed E-state index contributed by atoms with van der Waals surface area (Å²) in [4.78, 5) is 13.9. The molecule has 0 spiro atoms. The second kappa shape index (κ2) is 5.15. The van der Waals surface area contributed by atoms with Crippen molar-refractivity contribution in [3.63, 3.8) is 0 Å². The van der Waals surface area contributed by atoms with Gasteiger partial charge in [0.05, 0.1) is 5.54 Å². The molecule has 94 valence electrons. The molecule has 16 heavy (non-hydrogen) atoms. The van der Waals surface area contributed by atoms with Crippen LogP contribution in [0, 0.1) is 0 Å². The van der Waals surface area contributed by atoms with Gasteiger partial charge < -0.3 is 11.1 Å². The van der Waals surface area contributed by atoms with Gasteiger partial charge in [-0.25, -0.2) is 0 Å². The van der Waals surface area contributed by atoms with Crippen LogP contribution in [-0.2, 0) is 4.79 Å². The van der Waals surface area contributed by atoms with Crippen LogP contribution in [0.15, 0.2) is 0 Å². The van der Waals surface area contributed by atoms with Gasteiger partial charge >= 0.3 is 0 Å². The summed E-state index contributed by atoms with van der Waals surface area (Å²) < 4.78 is 0. The number of hydrogen-bond donors (Lipinski definition) is 2. The lowest BCUT2D eigenvalue weighted by molar-refractivity contribution is -0.124. The summed E-state index contributed by atoms with van der Waals surface area (Å²) in [7, 11) is 1.80. The smallest absolute Gasteiger partial charge is 0.237 e. The molecule has 0 aromatic rings. The van der Waals surface area contributed by atoms with Crippen molar-refractivity contribution in [2.45, 2.75) is 57.7 Å². The number of nitrogens with two attached hydrogens (primary N) is 1. The van der Waals surface area contributed by atoms with Crippen molar-refractivity contribution in [2.24, 2.45) is 5.73 Å². The lowest BCUT2D eigenvalue weighted by atomic mass is 9.92. The molecule has 0 radical (unpaired) electrons. The van der Waals surface area contributed by atoms with Crippen molar-refractivity contribution < 1.29 is 4.79 Å². The van der Waals surface area contributed by atoms with Crippen LogP contribution in [0.2, 0.25) is 0 Å². The van der Waals surface area contributed by atoms with Gasteiger partial charge in [0.1, 0.15) is 0 Å². The summed E-state index contributed by atoms with van der Waals surface area (Å²) in [6, 6.07) is 1.12. The number of hydrogen-bond acceptors (Lipinski definition) is 3. The molecule has 0 heterocycles. The molecule has 4 heteroatoms. The lowest BCUT2D eigenvalue weighted by Crippen LogP contribution is -2.55. The average molecular weight is 227 g/mol. The van der Waals surface area contributed by atoms with E-state index in [2.05, 4.69) is 24.1 Å². The van der Waals surface area contributed by atoms with Crippen molar-refractivity contribution in [1.82, 2.24) is 10.2 Å². The van der Waals surface area contributed by atoms with E-state index in [4.69, 9.17) is 5.73 Å². The molecule has 0 aliphatic heterocycles. The average Bonchev–Trinajstić information content (AvgIpc) is 3.02. The van der Waals surface area contributed by atoms with Crippen LogP contribution in [0.5, 0.6) is 0 Å². The highest BCUT2D eigenvalue weighted by Gasteiger charge is 2.36. The summed E-state index contributed by atoms with van der Waals surface area (Å²) in [6.07, 6.45) is 3.36. The highest BCUT2D eigenvalue weighted by atomic mass is 16.1. The molecule has 1 fully saturated rings. The maximum atomic E-state index is 11.4. The Kier molecular flexibility index (Phi) is 4.33. The van der Waals surface area contributed by atoms with Crippen LogP contribution < -0.4 is 11.1 Å². The monoisotopic (exact) mass is 227 g/mol. The van der Waals surface area contributed by atoms with Crippen LogP contribution in [0.1, 0.15) is 40.0 Å². The van der Waals surface area contributed by atoms with E-state index in [9.17, 15) is 4.79 Å². The van der Waals surface area contributed by atoms with E-state index in [0.717, 1.165) is 19.0 Å². The molecule has 1 amide bonds. The maximum Gasteiger partial charge on any atom is 0.237 e. The van der Waals surface area contributed by atoms with E-state index in [1.807, 2.05) is 6.92 Å². The van der Waals surface area contributed by atoms with Gasteiger partial charge in [-0.2, -0.15) is 0 Å². The highest BCUT2D eigenvalue weighted by molar-refractivity contribution is 5.84. The molecule has 4 nitrogen and oxygen atoms in total. The number of nitrogens with zero attached hydrogens (tertiary/aromatic N) is 1. The van der Waals surface area contributed by atoms with E-state index in [1.165, 1.54) is 12.8 Å². The highest BCUT2D eigenvalue weighted by Crippen LogP contribution is 2.30. The zero-order valence-electron chi connectivity index (χ0n) is 10.9. The van der Waals surface area contributed by atoms with Crippen LogP contribution in [0.3, 0.4) is 0 Å². The fourth-order valence-electron chi connectivity index (χ4n) is 2.37. The SMILES string of the molecule is CCN(C(C)CC(C)(NC)C(N)=O)C1CC1. The minimum atomic E-state index is -0.596. The number of rotatable bonds is 7. The molecule has 0 bridgehead atoms. The molecule has 3 N–H and O–H groups in total. The molecule has 2 unspecified atom stereocenters. The van der Waals surface area contributed by atoms with Crippen molar-refractivity contribution in [1.29, 1.82) is 0 Å². The minimum absolute atomic E-state index is 0.270. The Morgan fingerprint density at radius 3 is 2.50 bits per heavy atom. The molecule has 0 saturated heterocycles. The van der Waals surface area contributed by atoms with E-state index < -0.39 is 5.54 Å². The molecule has 1 aliphatic rings. The minimum Gasteiger partial charge on any atom is -0.368 e. The van der Waals surface area contributed by atoms with Crippen LogP contribution in [0.25, 0.3) is 0 Å². The van der Waals surface area contributed by atoms with Crippen molar-refractivity contribution in [3.05, 3.63) is 0 Å². The largest absolute Gasteiger partial charge is 0.368 e. The standard InChI is InChI=1S/C12H25N3O/c1-5-15(10-6-7-10)9(2)8-12(3,14-4)11(13)16/h9-10,14H,5-8H2,1-4H3,(H2,13,16). The second-order valence-corrected chi connectivity index (χ2v) is 5.06. The van der Waals surface area contributed by atoms with E-state index in [1.54, 1.807) is 7.05 Å². The van der Waals surface area contributed by atoms with Gasteiger partial charge in [0.25, 0.3) is 0 Å². The van der Waals surface area contributed by atoms with Gasteiger partial charge in [-0.05, 0) is 46.7 Å². The molecule has 1 rings (SSSR count). The van der Waals surface area contributed by atoms with Gasteiger partial charge in [-0.3, -0.25) is 9.69 Å². The first-order chi connectivity index (χ1) is 7.44. The first kappa shape index (κ1) is 13.5. The van der Waals surface area contributed by atoms with Gasteiger partial charge in [-0.15, -0.1) is 0 Å². The maximum absolute atomic E-state index is 11.4. The topological polar surface area (TPSA) is 58.4 Å². The molecule has 1 aliphatic carbocycles. The quantitative estimate of drug-likeness (QED) is 0.673. The first-order valence-electron chi connectivity index (χ1n) is 6.19. The molecule has 0 aromatic heterocycles. The number of amides is 1. The van der Waals surface area contributed by atoms with Crippen LogP contribution in [0.4, 0.5) is 0 Å². The van der Waals surface area contributed by atoms with Crippen molar-refractivity contribution in [3.8, 4) is 0 Å². The summed E-state index contributed by atoms with van der Waals surface area (Å²) in [6.45, 7) is 7.28. The van der Waals surface area contributed by atoms with Crippen molar-refractivity contribution in [2.75, 3.05) is 13.6 Å². The summed E-state index contributed by atoms with van der Waals surface area (Å²) >= 11 is 0. The number of primary amides is 1. The Labute approximate surface area is 98.6 Å². The van der Waals surface area contributed by atoms with E-state index in [0.29, 0.717) is 6.04 Å². The fourth-order valence-corrected chi connectivity index (χ4v) is 2.37. The molecular weight excluding hydrogens is 202 g/mol. The summed E-state index contributed by atoms with van der Waals surface area (Å²) in [5.41, 5.74) is 4.85. The third kappa shape index (κ3) is 2.95. The first-order valence-corrected chi connectivity index (χ1v) is 6.19. The number of nitrogens with one attached hydrogen (secondary N) is 1. The van der Waals surface area contributed by atoms with Gasteiger partial charge in [0.2, 0.25) is 5.91 Å². The lowest BCUT2D eigenvalue weighted by Gasteiger charge is -2.34. The Hall–Kier alpha value is -0.610. The number of likely N-dealkylation sites (N-methyl/N-ethyl adjacent to an activating group) is 1. The Balaban J connectivity index is 2.59. The molecule has 2 atom stereocenters. The molecule has 0 aromatic carbocycles. The predicted octanol–water partition coefficient (Wildman–Crippen LogP) is 0.713. The Bertz CT molecular complexity index is 253. The molecule has 1 saturated carbocycles. The third-order valence-electron chi connectivity index (χ3n) is 3.75. The van der Waals surface area contributed by atoms with Crippen LogP contribution >= 0.6 is 0 Å².